The van der Waals surface area contributed by atoms with E-state index in [1.807, 2.05) is 123 Å². The molecule has 5 aromatic carbocycles. The minimum atomic E-state index is -0.838. The molecule has 0 saturated carbocycles. The van der Waals surface area contributed by atoms with E-state index in [4.69, 9.17) is 15.2 Å². The summed E-state index contributed by atoms with van der Waals surface area (Å²) in [5.74, 6) is -0.658. The summed E-state index contributed by atoms with van der Waals surface area (Å²) in [6.07, 6.45) is 5.78. The summed E-state index contributed by atoms with van der Waals surface area (Å²) >= 11 is 0. The van der Waals surface area contributed by atoms with Crippen LogP contribution in [0.4, 0.5) is 14.0 Å². The Morgan fingerprint density at radius 1 is 0.641 bits per heavy atom. The zero-order chi connectivity index (χ0) is 45.1. The highest BCUT2D eigenvalue weighted by Gasteiger charge is 2.44. The lowest BCUT2D eigenvalue weighted by Crippen LogP contribution is -2.49. The summed E-state index contributed by atoms with van der Waals surface area (Å²) in [4.78, 5) is 45.2. The van der Waals surface area contributed by atoms with E-state index in [2.05, 4.69) is 17.1 Å². The van der Waals surface area contributed by atoms with E-state index in [0.717, 1.165) is 44.5 Å². The van der Waals surface area contributed by atoms with Crippen molar-refractivity contribution < 1.29 is 33.4 Å². The van der Waals surface area contributed by atoms with Crippen LogP contribution < -0.4 is 5.73 Å². The second-order valence-electron chi connectivity index (χ2n) is 16.5. The van der Waals surface area contributed by atoms with E-state index in [0.29, 0.717) is 45.2 Å². The Balaban J connectivity index is 0.000000191. The minimum Gasteiger partial charge on any atom is -0.438 e. The van der Waals surface area contributed by atoms with Crippen LogP contribution in [-0.4, -0.2) is 57.7 Å². The Bertz CT molecular complexity index is 2460. The van der Waals surface area contributed by atoms with Crippen molar-refractivity contribution in [3.8, 4) is 22.3 Å². The number of benzene rings is 5. The number of nitrogens with zero attached hydrogens (tertiary/aromatic N) is 3. The third-order valence-corrected chi connectivity index (χ3v) is 12.6. The Morgan fingerprint density at radius 2 is 1.05 bits per heavy atom. The maximum Gasteiger partial charge on any atom is 0.411 e. The smallest absolute Gasteiger partial charge is 0.411 e. The molecule has 3 amide bonds. The van der Waals surface area contributed by atoms with E-state index in [-0.39, 0.29) is 43.1 Å². The number of cyclic esters (lactones) is 2. The van der Waals surface area contributed by atoms with Gasteiger partial charge in [0, 0.05) is 57.8 Å². The van der Waals surface area contributed by atoms with E-state index >= 15 is 0 Å². The monoisotopic (exact) mass is 862 g/mol. The number of hydrogen-bond donors (Lipinski definition) is 2. The number of hydrogen-bond acceptors (Lipinski definition) is 7. The quantitative estimate of drug-likeness (QED) is 0.111. The Morgan fingerprint density at radius 3 is 1.45 bits per heavy atom. The highest BCUT2D eigenvalue weighted by Crippen LogP contribution is 2.42. The number of amides is 3. The van der Waals surface area contributed by atoms with E-state index in [1.165, 1.54) is 12.1 Å². The van der Waals surface area contributed by atoms with Crippen molar-refractivity contribution in [2.45, 2.75) is 75.7 Å². The van der Waals surface area contributed by atoms with Gasteiger partial charge in [0.25, 0.3) is 0 Å². The van der Waals surface area contributed by atoms with Gasteiger partial charge in [0.1, 0.15) is 17.0 Å². The number of halogens is 1. The Kier molecular flexibility index (Phi) is 14.5. The summed E-state index contributed by atoms with van der Waals surface area (Å²) in [6, 6.07) is 45.6. The summed E-state index contributed by atoms with van der Waals surface area (Å²) < 4.78 is 25.3. The predicted molar refractivity (Wildman–Crippen MR) is 245 cm³/mol. The van der Waals surface area contributed by atoms with Gasteiger partial charge in [-0.2, -0.15) is 0 Å². The highest BCUT2D eigenvalue weighted by molar-refractivity contribution is 5.74. The van der Waals surface area contributed by atoms with Crippen LogP contribution in [0.25, 0.3) is 22.3 Å². The van der Waals surface area contributed by atoms with Gasteiger partial charge in [0.05, 0.1) is 12.1 Å². The third kappa shape index (κ3) is 10.5. The molecule has 0 radical (unpaired) electrons. The minimum absolute atomic E-state index is 0.0622. The van der Waals surface area contributed by atoms with Crippen LogP contribution in [0, 0.1) is 5.82 Å². The van der Waals surface area contributed by atoms with Crippen LogP contribution in [-0.2, 0) is 25.5 Å². The first-order valence-corrected chi connectivity index (χ1v) is 21.9. The molecule has 2 aliphatic heterocycles. The molecule has 3 N–H and O–H groups in total. The number of aliphatic hydroxyl groups is 1. The van der Waals surface area contributed by atoms with Crippen molar-refractivity contribution in [3.63, 3.8) is 0 Å². The van der Waals surface area contributed by atoms with Gasteiger partial charge in [-0.05, 0) is 95.5 Å². The molecular weight excluding hydrogens is 808 g/mol. The number of ether oxygens (including phenoxy) is 2. The third-order valence-electron chi connectivity index (χ3n) is 12.6. The molecule has 2 aliphatic rings. The van der Waals surface area contributed by atoms with Crippen LogP contribution >= 0.6 is 0 Å². The molecule has 11 heteroatoms. The number of carbonyl (C=O) groups excluding carboxylic acids is 3. The zero-order valence-electron chi connectivity index (χ0n) is 36.3. The predicted octanol–water partition coefficient (Wildman–Crippen LogP) is 10.9. The van der Waals surface area contributed by atoms with Crippen molar-refractivity contribution in [3.05, 3.63) is 186 Å². The molecule has 0 bridgehead atoms. The molecule has 1 aromatic heterocycles. The van der Waals surface area contributed by atoms with Gasteiger partial charge in [0.15, 0.2) is 0 Å². The molecule has 6 aromatic rings. The second-order valence-corrected chi connectivity index (χ2v) is 16.5. The van der Waals surface area contributed by atoms with Gasteiger partial charge in [-0.3, -0.25) is 9.78 Å². The van der Waals surface area contributed by atoms with Gasteiger partial charge in [-0.25, -0.2) is 14.0 Å². The molecule has 330 valence electrons. The first-order valence-electron chi connectivity index (χ1n) is 21.9. The van der Waals surface area contributed by atoms with Crippen molar-refractivity contribution in [2.75, 3.05) is 19.7 Å². The average Bonchev–Trinajstić information content (AvgIpc) is 3.34. The van der Waals surface area contributed by atoms with Gasteiger partial charge in [-0.1, -0.05) is 121 Å². The van der Waals surface area contributed by atoms with Crippen molar-refractivity contribution in [1.29, 1.82) is 0 Å². The SMILES string of the molecule is C[C@@H](c1ccc(-c2ccc(F)cc2)cc1)N1CC[C@@](CCCO)(c2ccccc2)OC1=O.C[C@@H](c1ccc(-c2ccncc2)cc1)N1CC[C@](CCC(N)=O)(c2ccccc2)OC1=O. The van der Waals surface area contributed by atoms with Crippen LogP contribution in [0.5, 0.6) is 0 Å². The second kappa shape index (κ2) is 20.6. The molecule has 64 heavy (non-hydrogen) atoms. The molecular formula is C53H55FN4O6. The fourth-order valence-electron chi connectivity index (χ4n) is 8.72. The van der Waals surface area contributed by atoms with E-state index in [9.17, 15) is 23.9 Å². The number of carbonyl (C=O) groups is 3. The largest absolute Gasteiger partial charge is 0.438 e. The molecule has 8 rings (SSSR count). The summed E-state index contributed by atoms with van der Waals surface area (Å²) in [5.41, 5.74) is 11.9. The van der Waals surface area contributed by atoms with Crippen molar-refractivity contribution >= 4 is 18.1 Å². The molecule has 0 unspecified atom stereocenters. The average molecular weight is 863 g/mol. The number of pyridine rings is 1. The van der Waals surface area contributed by atoms with Gasteiger partial charge in [0.2, 0.25) is 5.91 Å². The lowest BCUT2D eigenvalue weighted by molar-refractivity contribution is -0.121. The lowest BCUT2D eigenvalue weighted by Gasteiger charge is -2.43. The van der Waals surface area contributed by atoms with Gasteiger partial charge >= 0.3 is 12.2 Å². The van der Waals surface area contributed by atoms with Crippen LogP contribution in [0.1, 0.15) is 86.7 Å². The molecule has 2 saturated heterocycles. The molecule has 4 atom stereocenters. The van der Waals surface area contributed by atoms with E-state index in [1.54, 1.807) is 34.3 Å². The van der Waals surface area contributed by atoms with Crippen LogP contribution in [0.2, 0.25) is 0 Å². The number of aliphatic hydroxyl groups excluding tert-OH is 1. The number of rotatable bonds is 14. The zero-order valence-corrected chi connectivity index (χ0v) is 36.3. The number of nitrogens with two attached hydrogens (primary N) is 1. The molecule has 2 fully saturated rings. The maximum atomic E-state index is 13.2. The first-order chi connectivity index (χ1) is 31.0. The van der Waals surface area contributed by atoms with Crippen molar-refractivity contribution in [1.82, 2.24) is 14.8 Å². The standard InChI is InChI=1S/C27H28FNO3.C26H27N3O3/c1-20(21-8-10-22(11-9-21)23-12-14-25(28)15-13-23)29-18-17-27(16-5-19-30,32-26(29)31)24-6-3-2-4-7-24;1-19(20-7-9-21(10-8-20)22-12-16-28-17-13-22)29-18-15-26(32-25(29)31,14-11-24(27)30)23-5-3-2-4-6-23/h2-4,6-15,20,30H,5,16-19H2,1H3;2-10,12-13,16-17,19H,11,14-15,18H2,1H3,(H2,27,30)/t20-,27-;19-,26+/m00/s1. The van der Waals surface area contributed by atoms with Gasteiger partial charge < -0.3 is 30.1 Å². The summed E-state index contributed by atoms with van der Waals surface area (Å²) in [5, 5.41) is 9.36. The molecule has 3 heterocycles. The Labute approximate surface area is 374 Å². The summed E-state index contributed by atoms with van der Waals surface area (Å²) in [6.45, 7) is 5.16. The van der Waals surface area contributed by atoms with Crippen LogP contribution in [0.3, 0.4) is 0 Å². The molecule has 10 nitrogen and oxygen atoms in total. The normalized spacial score (nSPS) is 19.4. The fraction of sp³-hybridized carbons (Fsp3) is 0.283. The molecule has 0 aliphatic carbocycles. The maximum absolute atomic E-state index is 13.2. The summed E-state index contributed by atoms with van der Waals surface area (Å²) in [7, 11) is 0. The number of primary amides is 1. The van der Waals surface area contributed by atoms with Crippen LogP contribution in [0.15, 0.2) is 158 Å². The van der Waals surface area contributed by atoms with Crippen molar-refractivity contribution in [2.24, 2.45) is 5.73 Å². The first kappa shape index (κ1) is 45.2. The number of aromatic nitrogens is 1. The topological polar surface area (TPSA) is 135 Å². The lowest BCUT2D eigenvalue weighted by atomic mass is 9.84. The highest BCUT2D eigenvalue weighted by atomic mass is 19.1. The molecule has 0 spiro atoms. The fourth-order valence-corrected chi connectivity index (χ4v) is 8.72. The Hall–Kier alpha value is -6.85. The van der Waals surface area contributed by atoms with Gasteiger partial charge in [-0.15, -0.1) is 0 Å². The van der Waals surface area contributed by atoms with E-state index < -0.39 is 17.1 Å².